The molecule has 2 rings (SSSR count). The average Bonchev–Trinajstić information content (AvgIpc) is 3.41. The van der Waals surface area contributed by atoms with E-state index in [2.05, 4.69) is 26.8 Å². The molecule has 18 heteroatoms. The van der Waals surface area contributed by atoms with E-state index in [9.17, 15) is 14.7 Å². The zero-order valence-corrected chi connectivity index (χ0v) is 28.6. The fourth-order valence-electron chi connectivity index (χ4n) is 3.49. The van der Waals surface area contributed by atoms with Crippen molar-refractivity contribution in [2.75, 3.05) is 26.0 Å². The highest BCUT2D eigenvalue weighted by atomic mass is 35.5. The number of nitrogens with one attached hydrogen (secondary N) is 1. The van der Waals surface area contributed by atoms with Gasteiger partial charge in [0.05, 0.1) is 25.6 Å². The maximum absolute atomic E-state index is 12.5. The molecule has 42 heavy (non-hydrogen) atoms. The third kappa shape index (κ3) is 9.43. The van der Waals surface area contributed by atoms with E-state index in [1.54, 1.807) is 20.8 Å². The number of nitrogens with two attached hydrogens (primary N) is 1. The first-order valence-corrected chi connectivity index (χ1v) is 17.3. The van der Waals surface area contributed by atoms with Crippen molar-refractivity contribution in [3.05, 3.63) is 12.0 Å². The topological polar surface area (TPSA) is 172 Å². The summed E-state index contributed by atoms with van der Waals surface area (Å²) in [7, 11) is 1.49. The van der Waals surface area contributed by atoms with E-state index in [1.807, 2.05) is 20.8 Å². The number of aliphatic hydroxyl groups is 1. The standard InChI is InChI=1S/C24H39Cl2N6O7PS2/c1-13(2)38-20(34)14(3)31-40(41,36-9-10-42-22(35)23(4,5)6)37-11-15-17(33)24(25,26)21(39-15)32-12-30-16(18(27)28-7)19(32)29-8/h12-15,17,21,33H,8-11H2,1-7H3,(H2,27,28)(H,31,41)/t14-,15-,17-,21-,40+/m1/s1. The smallest absolute Gasteiger partial charge is 0.323 e. The number of carbonyl (C=O) groups excluding carboxylic acids is 2. The van der Waals surface area contributed by atoms with Gasteiger partial charge in [-0.2, -0.15) is 0 Å². The summed E-state index contributed by atoms with van der Waals surface area (Å²) in [5.41, 5.74) is 5.61. The van der Waals surface area contributed by atoms with Gasteiger partial charge in [-0.05, 0) is 39.3 Å². The van der Waals surface area contributed by atoms with Gasteiger partial charge in [-0.15, -0.1) is 0 Å². The van der Waals surface area contributed by atoms with E-state index >= 15 is 0 Å². The maximum atomic E-state index is 12.5. The molecule has 1 fully saturated rings. The molecule has 0 amide bonds. The average molecular weight is 690 g/mol. The summed E-state index contributed by atoms with van der Waals surface area (Å²) in [5.74, 6) is 0.0150. The molecule has 13 nitrogen and oxygen atoms in total. The summed E-state index contributed by atoms with van der Waals surface area (Å²) >= 11 is 19.9. The Hall–Kier alpha value is -1.13. The van der Waals surface area contributed by atoms with Crippen molar-refractivity contribution in [2.24, 2.45) is 21.1 Å². The molecule has 0 spiro atoms. The number of carbonyl (C=O) groups is 2. The Bertz CT molecular complexity index is 1210. The normalized spacial score (nSPS) is 23.0. The van der Waals surface area contributed by atoms with E-state index in [-0.39, 0.29) is 41.8 Å². The molecular formula is C24H39Cl2N6O7PS2. The second-order valence-electron chi connectivity index (χ2n) is 10.6. The molecule has 0 bridgehead atoms. The molecule has 5 atom stereocenters. The number of alkyl halides is 2. The van der Waals surface area contributed by atoms with Gasteiger partial charge in [0, 0.05) is 18.2 Å². The van der Waals surface area contributed by atoms with Gasteiger partial charge < -0.3 is 29.4 Å². The second-order valence-corrected chi connectivity index (χ2v) is 16.3. The highest BCUT2D eigenvalue weighted by Crippen LogP contribution is 2.51. The molecular weight excluding hydrogens is 650 g/mol. The van der Waals surface area contributed by atoms with Crippen molar-refractivity contribution < 1.29 is 33.2 Å². The first kappa shape index (κ1) is 37.1. The number of amidine groups is 1. The Morgan fingerprint density at radius 1 is 1.38 bits per heavy atom. The fourth-order valence-corrected chi connectivity index (χ4v) is 7.35. The van der Waals surface area contributed by atoms with Crippen molar-refractivity contribution in [3.8, 4) is 0 Å². The fraction of sp³-hybridized carbons (Fsp3) is 0.708. The molecule has 1 aliphatic rings. The molecule has 1 aromatic rings. The number of nitrogens with zero attached hydrogens (tertiary/aromatic N) is 4. The third-order valence-corrected chi connectivity index (χ3v) is 10.4. The van der Waals surface area contributed by atoms with Gasteiger partial charge in [0.15, 0.2) is 21.5 Å². The van der Waals surface area contributed by atoms with Crippen molar-refractivity contribution in [1.29, 1.82) is 0 Å². The monoisotopic (exact) mass is 688 g/mol. The van der Waals surface area contributed by atoms with Gasteiger partial charge in [-0.3, -0.25) is 19.1 Å². The van der Waals surface area contributed by atoms with Crippen LogP contribution in [0, 0.1) is 5.41 Å². The predicted octanol–water partition coefficient (Wildman–Crippen LogP) is 3.48. The summed E-state index contributed by atoms with van der Waals surface area (Å²) in [6, 6.07) is -0.888. The number of rotatable bonds is 14. The molecule has 0 radical (unpaired) electrons. The van der Waals surface area contributed by atoms with E-state index in [0.29, 0.717) is 5.75 Å². The zero-order chi connectivity index (χ0) is 32.0. The minimum absolute atomic E-state index is 0.0146. The Morgan fingerprint density at radius 3 is 2.57 bits per heavy atom. The van der Waals surface area contributed by atoms with E-state index in [1.165, 1.54) is 17.9 Å². The number of esters is 1. The number of aromatic nitrogens is 2. The van der Waals surface area contributed by atoms with Crippen LogP contribution in [0.3, 0.4) is 0 Å². The maximum Gasteiger partial charge on any atom is 0.323 e. The van der Waals surface area contributed by atoms with Crippen molar-refractivity contribution in [3.63, 3.8) is 0 Å². The van der Waals surface area contributed by atoms with Gasteiger partial charge in [-0.25, -0.2) is 15.1 Å². The lowest BCUT2D eigenvalue weighted by Gasteiger charge is -2.28. The Kier molecular flexibility index (Phi) is 13.4. The number of halogens is 2. The quantitative estimate of drug-likeness (QED) is 0.0650. The highest BCUT2D eigenvalue weighted by molar-refractivity contribution is 8.13. The molecule has 2 heterocycles. The summed E-state index contributed by atoms with van der Waals surface area (Å²) < 4.78 is 22.6. The number of aliphatic hydroxyl groups excluding tert-OH is 1. The molecule has 0 aromatic carbocycles. The largest absolute Gasteiger partial charge is 0.462 e. The van der Waals surface area contributed by atoms with E-state index < -0.39 is 46.8 Å². The number of imidazole rings is 1. The van der Waals surface area contributed by atoms with Crippen LogP contribution in [0.5, 0.6) is 0 Å². The molecule has 1 aliphatic heterocycles. The molecule has 0 aliphatic carbocycles. The molecule has 4 N–H and O–H groups in total. The van der Waals surface area contributed by atoms with Gasteiger partial charge >= 0.3 is 5.97 Å². The lowest BCUT2D eigenvalue weighted by atomic mass is 10.00. The van der Waals surface area contributed by atoms with Crippen LogP contribution in [-0.2, 0) is 39.9 Å². The molecule has 1 saturated heterocycles. The number of ether oxygens (including phenoxy) is 2. The summed E-state index contributed by atoms with van der Waals surface area (Å²) in [5, 5.41) is 13.9. The van der Waals surface area contributed by atoms with Crippen LogP contribution in [0.25, 0.3) is 0 Å². The van der Waals surface area contributed by atoms with Gasteiger partial charge in [-0.1, -0.05) is 55.7 Å². The van der Waals surface area contributed by atoms with E-state index in [4.69, 9.17) is 59.3 Å². The van der Waals surface area contributed by atoms with Crippen molar-refractivity contribution in [2.45, 2.75) is 76.5 Å². The third-order valence-electron chi connectivity index (χ3n) is 5.69. The SMILES string of the molecule is C=Nc1c(C(N)=NC)ncn1[C@@H]1O[C@H](CO[P@](=S)(N[C@H](C)C(=O)OC(C)C)OCCSC(=O)C(C)(C)C)[C@@H](O)C1(Cl)Cl. The lowest BCUT2D eigenvalue weighted by Crippen LogP contribution is -2.39. The Labute approximate surface area is 265 Å². The number of aliphatic imine (C=N–C) groups is 2. The molecule has 0 saturated carbocycles. The van der Waals surface area contributed by atoms with Crippen LogP contribution < -0.4 is 10.8 Å². The zero-order valence-electron chi connectivity index (χ0n) is 24.6. The van der Waals surface area contributed by atoms with Gasteiger partial charge in [0.25, 0.3) is 6.64 Å². The van der Waals surface area contributed by atoms with Crippen LogP contribution in [0.4, 0.5) is 5.82 Å². The van der Waals surface area contributed by atoms with Crippen molar-refractivity contribution >= 4 is 82.9 Å². The van der Waals surface area contributed by atoms with Gasteiger partial charge in [0.2, 0.25) is 0 Å². The summed E-state index contributed by atoms with van der Waals surface area (Å²) in [4.78, 5) is 36.8. The highest BCUT2D eigenvalue weighted by Gasteiger charge is 2.56. The summed E-state index contributed by atoms with van der Waals surface area (Å²) in [6.45, 7) is 10.3. The first-order chi connectivity index (χ1) is 19.4. The molecule has 238 valence electrons. The Balaban J connectivity index is 2.22. The summed E-state index contributed by atoms with van der Waals surface area (Å²) in [6.07, 6.45) is -2.74. The molecule has 1 aromatic heterocycles. The second kappa shape index (κ2) is 15.2. The first-order valence-electron chi connectivity index (χ1n) is 12.9. The Morgan fingerprint density at radius 2 is 2.02 bits per heavy atom. The van der Waals surface area contributed by atoms with Crippen LogP contribution in [0.15, 0.2) is 16.3 Å². The van der Waals surface area contributed by atoms with Crippen LogP contribution in [0.1, 0.15) is 53.5 Å². The minimum atomic E-state index is -3.41. The number of thioether (sulfide) groups is 1. The minimum Gasteiger partial charge on any atom is -0.462 e. The van der Waals surface area contributed by atoms with E-state index in [0.717, 1.165) is 11.8 Å². The lowest BCUT2D eigenvalue weighted by molar-refractivity contribution is -0.149. The van der Waals surface area contributed by atoms with Crippen LogP contribution in [0.2, 0.25) is 0 Å². The number of hydrogen-bond donors (Lipinski definition) is 3. The van der Waals surface area contributed by atoms with Crippen LogP contribution in [-0.4, -0.2) is 93.0 Å². The number of hydrogen-bond acceptors (Lipinski definition) is 12. The van der Waals surface area contributed by atoms with Gasteiger partial charge in [0.1, 0.15) is 29.8 Å². The van der Waals surface area contributed by atoms with Crippen LogP contribution >= 0.6 is 41.6 Å². The van der Waals surface area contributed by atoms with Crippen molar-refractivity contribution in [1.82, 2.24) is 14.6 Å². The molecule has 0 unspecified atom stereocenters. The predicted molar refractivity (Wildman–Crippen MR) is 169 cm³/mol.